The van der Waals surface area contributed by atoms with E-state index in [9.17, 15) is 4.39 Å². The fraction of sp³-hybridized carbons (Fsp3) is 0.385. The predicted molar refractivity (Wildman–Crippen MR) is 69.5 cm³/mol. The van der Waals surface area contributed by atoms with Gasteiger partial charge in [-0.15, -0.1) is 0 Å². The summed E-state index contributed by atoms with van der Waals surface area (Å²) in [5.74, 6) is 1.30. The molecular formula is C13H13ClFN3O. The Morgan fingerprint density at radius 3 is 2.95 bits per heavy atom. The van der Waals surface area contributed by atoms with Gasteiger partial charge in [-0.1, -0.05) is 23.7 Å². The van der Waals surface area contributed by atoms with E-state index in [1.165, 1.54) is 12.1 Å². The number of halogens is 2. The van der Waals surface area contributed by atoms with Crippen molar-refractivity contribution in [3.63, 3.8) is 0 Å². The maximum absolute atomic E-state index is 13.1. The van der Waals surface area contributed by atoms with E-state index in [1.807, 2.05) is 0 Å². The molecule has 0 amide bonds. The number of benzene rings is 1. The zero-order chi connectivity index (χ0) is 13.4. The van der Waals surface area contributed by atoms with Gasteiger partial charge in [-0.2, -0.15) is 4.98 Å². The third-order valence-electron chi connectivity index (χ3n) is 3.45. The van der Waals surface area contributed by atoms with E-state index in [0.717, 1.165) is 13.1 Å². The molecule has 1 aliphatic heterocycles. The lowest BCUT2D eigenvalue weighted by molar-refractivity contribution is 0.340. The van der Waals surface area contributed by atoms with Crippen molar-refractivity contribution < 1.29 is 8.91 Å². The molecule has 4 nitrogen and oxygen atoms in total. The zero-order valence-electron chi connectivity index (χ0n) is 10.4. The highest BCUT2D eigenvalue weighted by atomic mass is 35.5. The number of nitrogens with zero attached hydrogens (tertiary/aromatic N) is 2. The van der Waals surface area contributed by atoms with Crippen LogP contribution in [-0.4, -0.2) is 23.2 Å². The molecule has 2 atom stereocenters. The highest BCUT2D eigenvalue weighted by Crippen LogP contribution is 2.29. The zero-order valence-corrected chi connectivity index (χ0v) is 11.1. The molecular weight excluding hydrogens is 269 g/mol. The van der Waals surface area contributed by atoms with Gasteiger partial charge in [0, 0.05) is 12.1 Å². The minimum absolute atomic E-state index is 0.0553. The number of nitrogens with one attached hydrogen (secondary N) is 1. The van der Waals surface area contributed by atoms with Crippen LogP contribution < -0.4 is 5.32 Å². The van der Waals surface area contributed by atoms with Gasteiger partial charge in [-0.05, 0) is 30.7 Å². The van der Waals surface area contributed by atoms with E-state index < -0.39 is 5.82 Å². The largest absolute Gasteiger partial charge is 0.339 e. The average molecular weight is 282 g/mol. The van der Waals surface area contributed by atoms with Crippen LogP contribution in [-0.2, 0) is 0 Å². The quantitative estimate of drug-likeness (QED) is 0.920. The number of hydrogen-bond donors (Lipinski definition) is 1. The van der Waals surface area contributed by atoms with Gasteiger partial charge in [-0.3, -0.25) is 0 Å². The van der Waals surface area contributed by atoms with Gasteiger partial charge in [0.25, 0.3) is 0 Å². The first-order valence-electron chi connectivity index (χ1n) is 6.15. The SMILES string of the molecule is C[C@@H]1CNC[C@H]1c1nc(-c2ccc(F)c(Cl)c2)no1. The van der Waals surface area contributed by atoms with Gasteiger partial charge < -0.3 is 9.84 Å². The van der Waals surface area contributed by atoms with Crippen LogP contribution in [0.5, 0.6) is 0 Å². The second kappa shape index (κ2) is 4.90. The van der Waals surface area contributed by atoms with E-state index in [0.29, 0.717) is 23.2 Å². The first kappa shape index (κ1) is 12.6. The molecule has 6 heteroatoms. The lowest BCUT2D eigenvalue weighted by atomic mass is 9.98. The van der Waals surface area contributed by atoms with Crippen LogP contribution in [0.2, 0.25) is 5.02 Å². The first-order chi connectivity index (χ1) is 9.15. The van der Waals surface area contributed by atoms with Crippen molar-refractivity contribution in [2.75, 3.05) is 13.1 Å². The van der Waals surface area contributed by atoms with E-state index in [1.54, 1.807) is 6.07 Å². The predicted octanol–water partition coefficient (Wildman–Crippen LogP) is 2.85. The number of rotatable bonds is 2. The molecule has 0 unspecified atom stereocenters. The van der Waals surface area contributed by atoms with Crippen molar-refractivity contribution >= 4 is 11.6 Å². The topological polar surface area (TPSA) is 51.0 Å². The van der Waals surface area contributed by atoms with Crippen LogP contribution in [0.15, 0.2) is 22.7 Å². The van der Waals surface area contributed by atoms with Crippen LogP contribution in [0.3, 0.4) is 0 Å². The fourth-order valence-corrected chi connectivity index (χ4v) is 2.46. The van der Waals surface area contributed by atoms with Gasteiger partial charge in [0.1, 0.15) is 5.82 Å². The summed E-state index contributed by atoms with van der Waals surface area (Å²) in [5, 5.41) is 7.28. The summed E-state index contributed by atoms with van der Waals surface area (Å²) in [5.41, 5.74) is 0.653. The van der Waals surface area contributed by atoms with Crippen molar-refractivity contribution in [2.24, 2.45) is 5.92 Å². The minimum Gasteiger partial charge on any atom is -0.339 e. The van der Waals surface area contributed by atoms with Crippen LogP contribution >= 0.6 is 11.6 Å². The highest BCUT2D eigenvalue weighted by molar-refractivity contribution is 6.31. The Bertz CT molecular complexity index is 601. The average Bonchev–Trinajstić information content (AvgIpc) is 3.01. The summed E-state index contributed by atoms with van der Waals surface area (Å²) in [7, 11) is 0. The maximum Gasteiger partial charge on any atom is 0.231 e. The molecule has 1 aliphatic rings. The van der Waals surface area contributed by atoms with Crippen molar-refractivity contribution in [2.45, 2.75) is 12.8 Å². The molecule has 1 saturated heterocycles. The third-order valence-corrected chi connectivity index (χ3v) is 3.74. The molecule has 0 bridgehead atoms. The molecule has 0 radical (unpaired) electrons. The Morgan fingerprint density at radius 1 is 1.42 bits per heavy atom. The molecule has 0 aliphatic carbocycles. The van der Waals surface area contributed by atoms with E-state index in [4.69, 9.17) is 16.1 Å². The normalized spacial score (nSPS) is 22.9. The molecule has 100 valence electrons. The number of aromatic nitrogens is 2. The van der Waals surface area contributed by atoms with Crippen molar-refractivity contribution in [3.8, 4) is 11.4 Å². The summed E-state index contributed by atoms with van der Waals surface area (Å²) in [4.78, 5) is 4.38. The van der Waals surface area contributed by atoms with Crippen LogP contribution in [0, 0.1) is 11.7 Å². The van der Waals surface area contributed by atoms with E-state index in [-0.39, 0.29) is 10.9 Å². The van der Waals surface area contributed by atoms with Gasteiger partial charge in [-0.25, -0.2) is 4.39 Å². The van der Waals surface area contributed by atoms with Crippen molar-refractivity contribution in [1.29, 1.82) is 0 Å². The monoisotopic (exact) mass is 281 g/mol. The standard InChI is InChI=1S/C13H13ClFN3O/c1-7-5-16-6-9(7)13-17-12(18-19-13)8-2-3-11(15)10(14)4-8/h2-4,7,9,16H,5-6H2,1H3/t7-,9-/m1/s1. The van der Waals surface area contributed by atoms with Gasteiger partial charge >= 0.3 is 0 Å². The summed E-state index contributed by atoms with van der Waals surface area (Å²) < 4.78 is 18.4. The Balaban J connectivity index is 1.90. The second-order valence-corrected chi connectivity index (χ2v) is 5.23. The Labute approximate surface area is 115 Å². The van der Waals surface area contributed by atoms with Crippen LogP contribution in [0.4, 0.5) is 4.39 Å². The molecule has 1 fully saturated rings. The lowest BCUT2D eigenvalue weighted by Crippen LogP contribution is -2.08. The molecule has 3 rings (SSSR count). The van der Waals surface area contributed by atoms with Crippen molar-refractivity contribution in [3.05, 3.63) is 34.9 Å². The maximum atomic E-state index is 13.1. The molecule has 19 heavy (non-hydrogen) atoms. The number of hydrogen-bond acceptors (Lipinski definition) is 4. The van der Waals surface area contributed by atoms with Crippen LogP contribution in [0.1, 0.15) is 18.7 Å². The smallest absolute Gasteiger partial charge is 0.231 e. The fourth-order valence-electron chi connectivity index (χ4n) is 2.28. The van der Waals surface area contributed by atoms with Gasteiger partial charge in [0.05, 0.1) is 10.9 Å². The molecule has 1 N–H and O–H groups in total. The molecule has 0 spiro atoms. The van der Waals surface area contributed by atoms with Crippen molar-refractivity contribution in [1.82, 2.24) is 15.5 Å². The Morgan fingerprint density at radius 2 is 2.26 bits per heavy atom. The van der Waals surface area contributed by atoms with Gasteiger partial charge in [0.15, 0.2) is 0 Å². The Hall–Kier alpha value is -1.46. The molecule has 1 aromatic heterocycles. The first-order valence-corrected chi connectivity index (χ1v) is 6.52. The highest BCUT2D eigenvalue weighted by Gasteiger charge is 2.29. The summed E-state index contributed by atoms with van der Waals surface area (Å²) in [6.07, 6.45) is 0. The minimum atomic E-state index is -0.456. The lowest BCUT2D eigenvalue weighted by Gasteiger charge is -2.07. The van der Waals surface area contributed by atoms with Crippen LogP contribution in [0.25, 0.3) is 11.4 Å². The van der Waals surface area contributed by atoms with Gasteiger partial charge in [0.2, 0.25) is 11.7 Å². The second-order valence-electron chi connectivity index (χ2n) is 4.83. The van der Waals surface area contributed by atoms with E-state index >= 15 is 0 Å². The molecule has 1 aromatic carbocycles. The summed E-state index contributed by atoms with van der Waals surface area (Å²) >= 11 is 5.75. The molecule has 2 aromatic rings. The third kappa shape index (κ3) is 2.35. The Kier molecular flexibility index (Phi) is 3.24. The van der Waals surface area contributed by atoms with E-state index in [2.05, 4.69) is 22.4 Å². The molecule has 2 heterocycles. The molecule has 0 saturated carbocycles. The summed E-state index contributed by atoms with van der Waals surface area (Å²) in [6, 6.07) is 4.39. The summed E-state index contributed by atoms with van der Waals surface area (Å²) in [6.45, 7) is 3.93.